The lowest BCUT2D eigenvalue weighted by atomic mass is 10.1. The van der Waals surface area contributed by atoms with E-state index in [1.165, 1.54) is 12.1 Å². The SMILES string of the molecule is Nc1ccc([N+](=O)[O-])cc1C(=O)OCCOc1ccccc1. The molecule has 2 aromatic rings. The van der Waals surface area contributed by atoms with Gasteiger partial charge >= 0.3 is 5.97 Å². The van der Waals surface area contributed by atoms with Gasteiger partial charge in [0.25, 0.3) is 5.69 Å². The van der Waals surface area contributed by atoms with Crippen LogP contribution in [0.3, 0.4) is 0 Å². The number of carbonyl (C=O) groups excluding carboxylic acids is 1. The van der Waals surface area contributed by atoms with Gasteiger partial charge in [-0.05, 0) is 18.2 Å². The number of rotatable bonds is 6. The topological polar surface area (TPSA) is 105 Å². The van der Waals surface area contributed by atoms with Gasteiger partial charge in [-0.3, -0.25) is 10.1 Å². The van der Waals surface area contributed by atoms with Crippen molar-refractivity contribution in [1.82, 2.24) is 0 Å². The van der Waals surface area contributed by atoms with Crippen LogP contribution in [0.5, 0.6) is 5.75 Å². The van der Waals surface area contributed by atoms with Crippen LogP contribution in [-0.2, 0) is 4.74 Å². The van der Waals surface area contributed by atoms with E-state index in [2.05, 4.69) is 0 Å². The minimum Gasteiger partial charge on any atom is -0.490 e. The van der Waals surface area contributed by atoms with Crippen molar-refractivity contribution in [3.05, 3.63) is 64.2 Å². The number of nitro benzene ring substituents is 1. The molecule has 2 N–H and O–H groups in total. The van der Waals surface area contributed by atoms with Crippen LogP contribution in [0.1, 0.15) is 10.4 Å². The van der Waals surface area contributed by atoms with Gasteiger partial charge in [-0.1, -0.05) is 18.2 Å². The van der Waals surface area contributed by atoms with Gasteiger partial charge in [0, 0.05) is 17.8 Å². The van der Waals surface area contributed by atoms with Gasteiger partial charge in [0.1, 0.15) is 19.0 Å². The van der Waals surface area contributed by atoms with E-state index in [4.69, 9.17) is 15.2 Å². The third kappa shape index (κ3) is 3.95. The van der Waals surface area contributed by atoms with Crippen LogP contribution in [-0.4, -0.2) is 24.1 Å². The minimum atomic E-state index is -0.724. The number of nitrogen functional groups attached to an aromatic ring is 1. The maximum atomic E-state index is 11.9. The summed E-state index contributed by atoms with van der Waals surface area (Å²) >= 11 is 0. The van der Waals surface area contributed by atoms with Gasteiger partial charge in [-0.15, -0.1) is 0 Å². The lowest BCUT2D eigenvalue weighted by Crippen LogP contribution is -2.14. The molecular weight excluding hydrogens is 288 g/mol. The summed E-state index contributed by atoms with van der Waals surface area (Å²) in [5.41, 5.74) is 5.50. The van der Waals surface area contributed by atoms with E-state index < -0.39 is 10.9 Å². The van der Waals surface area contributed by atoms with Crippen molar-refractivity contribution in [3.63, 3.8) is 0 Å². The van der Waals surface area contributed by atoms with Crippen LogP contribution in [0.2, 0.25) is 0 Å². The highest BCUT2D eigenvalue weighted by atomic mass is 16.6. The number of esters is 1. The van der Waals surface area contributed by atoms with E-state index in [-0.39, 0.29) is 30.2 Å². The standard InChI is InChI=1S/C15H14N2O5/c16-14-7-6-11(17(19)20)10-13(14)15(18)22-9-8-21-12-4-2-1-3-5-12/h1-7,10H,8-9,16H2. The molecule has 7 heteroatoms. The molecule has 0 bridgehead atoms. The van der Waals surface area contributed by atoms with Crippen molar-refractivity contribution in [3.8, 4) is 5.75 Å². The average molecular weight is 302 g/mol. The van der Waals surface area contributed by atoms with Gasteiger partial charge < -0.3 is 15.2 Å². The highest BCUT2D eigenvalue weighted by Crippen LogP contribution is 2.20. The lowest BCUT2D eigenvalue weighted by Gasteiger charge is -2.08. The third-order valence-corrected chi connectivity index (χ3v) is 2.80. The number of hydrogen-bond donors (Lipinski definition) is 1. The van der Waals surface area contributed by atoms with Gasteiger partial charge in [0.2, 0.25) is 0 Å². The van der Waals surface area contributed by atoms with Crippen molar-refractivity contribution >= 4 is 17.3 Å². The number of non-ortho nitro benzene ring substituents is 1. The number of hydrogen-bond acceptors (Lipinski definition) is 6. The Bertz CT molecular complexity index is 673. The predicted molar refractivity (Wildman–Crippen MR) is 79.7 cm³/mol. The first-order chi connectivity index (χ1) is 10.6. The number of benzene rings is 2. The van der Waals surface area contributed by atoms with Crippen molar-refractivity contribution < 1.29 is 19.2 Å². The average Bonchev–Trinajstić information content (AvgIpc) is 2.52. The molecule has 0 spiro atoms. The van der Waals surface area contributed by atoms with Gasteiger partial charge in [-0.25, -0.2) is 4.79 Å². The van der Waals surface area contributed by atoms with Gasteiger partial charge in [-0.2, -0.15) is 0 Å². The summed E-state index contributed by atoms with van der Waals surface area (Å²) in [6.45, 7) is 0.181. The highest BCUT2D eigenvalue weighted by Gasteiger charge is 2.16. The normalized spacial score (nSPS) is 10.0. The van der Waals surface area contributed by atoms with Crippen molar-refractivity contribution in [2.75, 3.05) is 18.9 Å². The molecule has 0 aromatic heterocycles. The van der Waals surface area contributed by atoms with E-state index in [1.54, 1.807) is 12.1 Å². The first kappa shape index (κ1) is 15.3. The van der Waals surface area contributed by atoms with Crippen LogP contribution < -0.4 is 10.5 Å². The maximum Gasteiger partial charge on any atom is 0.340 e. The molecule has 22 heavy (non-hydrogen) atoms. The first-order valence-corrected chi connectivity index (χ1v) is 6.47. The predicted octanol–water partition coefficient (Wildman–Crippen LogP) is 2.41. The molecule has 0 aliphatic heterocycles. The summed E-state index contributed by atoms with van der Waals surface area (Å²) in [5.74, 6) is -0.0636. The Labute approximate surface area is 126 Å². The molecule has 0 aliphatic rings. The number of nitrogens with zero attached hydrogens (tertiary/aromatic N) is 1. The number of nitro groups is 1. The molecule has 0 heterocycles. The number of para-hydroxylation sites is 1. The smallest absolute Gasteiger partial charge is 0.340 e. The largest absolute Gasteiger partial charge is 0.490 e. The maximum absolute atomic E-state index is 11.9. The molecule has 0 atom stereocenters. The summed E-state index contributed by atoms with van der Waals surface area (Å²) < 4.78 is 10.4. The molecule has 0 unspecified atom stereocenters. The molecule has 2 rings (SSSR count). The summed E-state index contributed by atoms with van der Waals surface area (Å²) in [7, 11) is 0. The van der Waals surface area contributed by atoms with Crippen molar-refractivity contribution in [2.45, 2.75) is 0 Å². The fourth-order valence-electron chi connectivity index (χ4n) is 1.72. The summed E-state index contributed by atoms with van der Waals surface area (Å²) in [6.07, 6.45) is 0. The van der Waals surface area contributed by atoms with E-state index in [0.29, 0.717) is 5.75 Å². The second kappa shape index (κ2) is 7.07. The van der Waals surface area contributed by atoms with Crippen LogP contribution in [0, 0.1) is 10.1 Å². The second-order valence-electron chi connectivity index (χ2n) is 4.33. The third-order valence-electron chi connectivity index (χ3n) is 2.80. The van der Waals surface area contributed by atoms with Crippen LogP contribution >= 0.6 is 0 Å². The Hall–Kier alpha value is -3.09. The Morgan fingerprint density at radius 1 is 1.14 bits per heavy atom. The molecule has 114 valence electrons. The van der Waals surface area contributed by atoms with Crippen LogP contribution in [0.15, 0.2) is 48.5 Å². The molecule has 0 fully saturated rings. The van der Waals surface area contributed by atoms with Crippen LogP contribution in [0.25, 0.3) is 0 Å². The minimum absolute atomic E-state index is 0.00978. The number of ether oxygens (including phenoxy) is 2. The number of nitrogens with two attached hydrogens (primary N) is 1. The van der Waals surface area contributed by atoms with Crippen molar-refractivity contribution in [2.24, 2.45) is 0 Å². The molecule has 0 aliphatic carbocycles. The molecule has 7 nitrogen and oxygen atoms in total. The Kier molecular flexibility index (Phi) is 4.92. The lowest BCUT2D eigenvalue weighted by molar-refractivity contribution is -0.384. The zero-order valence-electron chi connectivity index (χ0n) is 11.6. The molecular formula is C15H14N2O5. The van der Waals surface area contributed by atoms with Crippen molar-refractivity contribution in [1.29, 1.82) is 0 Å². The summed E-state index contributed by atoms with van der Waals surface area (Å²) in [6, 6.07) is 12.7. The fourth-order valence-corrected chi connectivity index (χ4v) is 1.72. The van der Waals surface area contributed by atoms with E-state index >= 15 is 0 Å². The Morgan fingerprint density at radius 3 is 2.55 bits per heavy atom. The fraction of sp³-hybridized carbons (Fsp3) is 0.133. The highest BCUT2D eigenvalue weighted by molar-refractivity contribution is 5.95. The van der Waals surface area contributed by atoms with E-state index in [9.17, 15) is 14.9 Å². The van der Waals surface area contributed by atoms with Crippen LogP contribution in [0.4, 0.5) is 11.4 Å². The van der Waals surface area contributed by atoms with Gasteiger partial charge in [0.15, 0.2) is 0 Å². The molecule has 2 aromatic carbocycles. The van der Waals surface area contributed by atoms with Gasteiger partial charge in [0.05, 0.1) is 10.5 Å². The molecule has 0 amide bonds. The second-order valence-corrected chi connectivity index (χ2v) is 4.33. The number of carbonyl (C=O) groups is 1. The first-order valence-electron chi connectivity index (χ1n) is 6.47. The molecule has 0 radical (unpaired) electrons. The van der Waals surface area contributed by atoms with E-state index in [0.717, 1.165) is 6.07 Å². The molecule has 0 saturated heterocycles. The zero-order valence-corrected chi connectivity index (χ0v) is 11.6. The van der Waals surface area contributed by atoms with E-state index in [1.807, 2.05) is 18.2 Å². The summed E-state index contributed by atoms with van der Waals surface area (Å²) in [5, 5.41) is 10.7. The number of anilines is 1. The quantitative estimate of drug-likeness (QED) is 0.289. The monoisotopic (exact) mass is 302 g/mol. The summed E-state index contributed by atoms with van der Waals surface area (Å²) in [4.78, 5) is 22.0. The Balaban J connectivity index is 1.89. The Morgan fingerprint density at radius 2 is 1.86 bits per heavy atom. The zero-order chi connectivity index (χ0) is 15.9. The molecule has 0 saturated carbocycles.